The zero-order valence-electron chi connectivity index (χ0n) is 11.7. The molecular formula is C16H17ClN2O2. The minimum absolute atomic E-state index is 0.180. The highest BCUT2D eigenvalue weighted by atomic mass is 35.5. The Hall–Kier alpha value is -2.20. The van der Waals surface area contributed by atoms with Gasteiger partial charge in [-0.1, -0.05) is 23.7 Å². The van der Waals surface area contributed by atoms with Gasteiger partial charge in [-0.05, 0) is 36.2 Å². The second-order valence-electron chi connectivity index (χ2n) is 4.59. The molecule has 0 aliphatic carbocycles. The lowest BCUT2D eigenvalue weighted by Crippen LogP contribution is -2.26. The number of nitrogens with one attached hydrogen (secondary N) is 1. The summed E-state index contributed by atoms with van der Waals surface area (Å²) >= 11 is 5.83. The van der Waals surface area contributed by atoms with Gasteiger partial charge in [0.2, 0.25) is 0 Å². The molecule has 0 saturated carbocycles. The number of nitrogen functional groups attached to an aromatic ring is 1. The zero-order valence-corrected chi connectivity index (χ0v) is 12.5. The van der Waals surface area contributed by atoms with E-state index in [1.54, 1.807) is 18.2 Å². The molecule has 0 aliphatic heterocycles. The first kappa shape index (κ1) is 15.2. The Morgan fingerprint density at radius 1 is 1.24 bits per heavy atom. The zero-order chi connectivity index (χ0) is 15.2. The predicted molar refractivity (Wildman–Crippen MR) is 84.9 cm³/mol. The molecule has 5 heteroatoms. The van der Waals surface area contributed by atoms with Crippen molar-refractivity contribution < 1.29 is 9.53 Å². The quantitative estimate of drug-likeness (QED) is 0.835. The molecule has 0 bridgehead atoms. The van der Waals surface area contributed by atoms with Crippen molar-refractivity contribution in [3.63, 3.8) is 0 Å². The van der Waals surface area contributed by atoms with Gasteiger partial charge in [0.25, 0.3) is 5.91 Å². The van der Waals surface area contributed by atoms with Crippen molar-refractivity contribution >= 4 is 23.2 Å². The molecule has 0 atom stereocenters. The van der Waals surface area contributed by atoms with Gasteiger partial charge in [-0.15, -0.1) is 0 Å². The smallest absolute Gasteiger partial charge is 0.255 e. The summed E-state index contributed by atoms with van der Waals surface area (Å²) in [6.45, 7) is 0.536. The van der Waals surface area contributed by atoms with Crippen molar-refractivity contribution in [1.82, 2.24) is 5.32 Å². The number of nitrogens with two attached hydrogens (primary N) is 1. The number of hydrogen-bond acceptors (Lipinski definition) is 3. The Labute approximate surface area is 128 Å². The van der Waals surface area contributed by atoms with Crippen molar-refractivity contribution in [3.05, 3.63) is 58.6 Å². The van der Waals surface area contributed by atoms with E-state index in [1.807, 2.05) is 24.3 Å². The molecule has 3 N–H and O–H groups in total. The van der Waals surface area contributed by atoms with Crippen molar-refractivity contribution in [1.29, 1.82) is 0 Å². The molecule has 0 saturated heterocycles. The fourth-order valence-electron chi connectivity index (χ4n) is 1.96. The Morgan fingerprint density at radius 2 is 1.95 bits per heavy atom. The highest BCUT2D eigenvalue weighted by Gasteiger charge is 2.11. The van der Waals surface area contributed by atoms with Crippen LogP contribution < -0.4 is 15.8 Å². The average molecular weight is 305 g/mol. The number of carbonyl (C=O) groups is 1. The molecule has 4 nitrogen and oxygen atoms in total. The van der Waals surface area contributed by atoms with Crippen LogP contribution in [0.2, 0.25) is 5.02 Å². The SMILES string of the molecule is COc1cc(N)ccc1C(=O)NCCc1ccc(Cl)cc1. The fraction of sp³-hybridized carbons (Fsp3) is 0.188. The summed E-state index contributed by atoms with van der Waals surface area (Å²) in [4.78, 5) is 12.1. The normalized spacial score (nSPS) is 10.2. The van der Waals surface area contributed by atoms with Gasteiger partial charge in [0.15, 0.2) is 0 Å². The average Bonchev–Trinajstić information content (AvgIpc) is 2.49. The highest BCUT2D eigenvalue weighted by molar-refractivity contribution is 6.30. The molecule has 2 rings (SSSR count). The number of amides is 1. The maximum absolute atomic E-state index is 12.1. The lowest BCUT2D eigenvalue weighted by molar-refractivity contribution is 0.0951. The lowest BCUT2D eigenvalue weighted by atomic mass is 10.1. The van der Waals surface area contributed by atoms with Gasteiger partial charge in [-0.3, -0.25) is 4.79 Å². The monoisotopic (exact) mass is 304 g/mol. The molecular weight excluding hydrogens is 288 g/mol. The number of benzene rings is 2. The van der Waals surface area contributed by atoms with E-state index in [0.29, 0.717) is 28.6 Å². The highest BCUT2D eigenvalue weighted by Crippen LogP contribution is 2.21. The summed E-state index contributed by atoms with van der Waals surface area (Å²) in [6, 6.07) is 12.5. The summed E-state index contributed by atoms with van der Waals surface area (Å²) in [5, 5.41) is 3.57. The van der Waals surface area contributed by atoms with Gasteiger partial charge in [0.1, 0.15) is 5.75 Å². The number of ether oxygens (including phenoxy) is 1. The maximum Gasteiger partial charge on any atom is 0.255 e. The largest absolute Gasteiger partial charge is 0.496 e. The van der Waals surface area contributed by atoms with E-state index < -0.39 is 0 Å². The van der Waals surface area contributed by atoms with Crippen LogP contribution in [-0.2, 0) is 6.42 Å². The molecule has 0 radical (unpaired) electrons. The van der Waals surface area contributed by atoms with E-state index in [-0.39, 0.29) is 5.91 Å². The molecule has 110 valence electrons. The maximum atomic E-state index is 12.1. The Morgan fingerprint density at radius 3 is 2.62 bits per heavy atom. The number of halogens is 1. The Balaban J connectivity index is 1.94. The standard InChI is InChI=1S/C16H17ClN2O2/c1-21-15-10-13(18)6-7-14(15)16(20)19-9-8-11-2-4-12(17)5-3-11/h2-7,10H,8-9,18H2,1H3,(H,19,20). The van der Waals surface area contributed by atoms with Crippen molar-refractivity contribution in [2.24, 2.45) is 0 Å². The third kappa shape index (κ3) is 4.13. The molecule has 21 heavy (non-hydrogen) atoms. The predicted octanol–water partition coefficient (Wildman–Crippen LogP) is 2.90. The summed E-state index contributed by atoms with van der Waals surface area (Å²) in [6.07, 6.45) is 0.736. The number of carbonyl (C=O) groups excluding carboxylic acids is 1. The van der Waals surface area contributed by atoms with Crippen LogP contribution in [0.15, 0.2) is 42.5 Å². The number of anilines is 1. The van der Waals surface area contributed by atoms with Gasteiger partial charge in [0, 0.05) is 23.3 Å². The van der Waals surface area contributed by atoms with Crippen LogP contribution in [0.5, 0.6) is 5.75 Å². The molecule has 0 aliphatic rings. The summed E-state index contributed by atoms with van der Waals surface area (Å²) < 4.78 is 5.17. The van der Waals surface area contributed by atoms with Crippen LogP contribution in [-0.4, -0.2) is 19.6 Å². The van der Waals surface area contributed by atoms with E-state index in [9.17, 15) is 4.79 Å². The van der Waals surface area contributed by atoms with Gasteiger partial charge in [0.05, 0.1) is 12.7 Å². The van der Waals surface area contributed by atoms with Crippen LogP contribution in [0.25, 0.3) is 0 Å². The van der Waals surface area contributed by atoms with Crippen LogP contribution in [0.1, 0.15) is 15.9 Å². The molecule has 0 heterocycles. The van der Waals surface area contributed by atoms with E-state index in [4.69, 9.17) is 22.1 Å². The second kappa shape index (κ2) is 6.99. The lowest BCUT2D eigenvalue weighted by Gasteiger charge is -2.10. The minimum Gasteiger partial charge on any atom is -0.496 e. The van der Waals surface area contributed by atoms with Crippen LogP contribution in [0.3, 0.4) is 0 Å². The minimum atomic E-state index is -0.180. The van der Waals surface area contributed by atoms with Gasteiger partial charge in [-0.2, -0.15) is 0 Å². The van der Waals surface area contributed by atoms with Crippen molar-refractivity contribution in [2.45, 2.75) is 6.42 Å². The van der Waals surface area contributed by atoms with Gasteiger partial charge in [-0.25, -0.2) is 0 Å². The first-order chi connectivity index (χ1) is 10.1. The molecule has 1 amide bonds. The third-order valence-electron chi connectivity index (χ3n) is 3.08. The first-order valence-electron chi connectivity index (χ1n) is 6.56. The summed E-state index contributed by atoms with van der Waals surface area (Å²) in [5.41, 5.74) is 7.82. The molecule has 0 aromatic heterocycles. The van der Waals surface area contributed by atoms with E-state index in [1.165, 1.54) is 7.11 Å². The van der Waals surface area contributed by atoms with Crippen molar-refractivity contribution in [3.8, 4) is 5.75 Å². The second-order valence-corrected chi connectivity index (χ2v) is 5.03. The molecule has 2 aromatic rings. The van der Waals surface area contributed by atoms with E-state index in [0.717, 1.165) is 12.0 Å². The van der Waals surface area contributed by atoms with Gasteiger partial charge < -0.3 is 15.8 Å². The molecule has 0 unspecified atom stereocenters. The fourth-order valence-corrected chi connectivity index (χ4v) is 2.09. The third-order valence-corrected chi connectivity index (χ3v) is 3.33. The molecule has 2 aromatic carbocycles. The van der Waals surface area contributed by atoms with Crippen LogP contribution >= 0.6 is 11.6 Å². The molecule has 0 spiro atoms. The van der Waals surface area contributed by atoms with Crippen LogP contribution in [0, 0.1) is 0 Å². The van der Waals surface area contributed by atoms with E-state index >= 15 is 0 Å². The number of hydrogen-bond donors (Lipinski definition) is 2. The van der Waals surface area contributed by atoms with E-state index in [2.05, 4.69) is 5.32 Å². The van der Waals surface area contributed by atoms with Gasteiger partial charge >= 0.3 is 0 Å². The van der Waals surface area contributed by atoms with Crippen molar-refractivity contribution in [2.75, 3.05) is 19.4 Å². The number of methoxy groups -OCH3 is 1. The topological polar surface area (TPSA) is 64.3 Å². The summed E-state index contributed by atoms with van der Waals surface area (Å²) in [7, 11) is 1.51. The van der Waals surface area contributed by atoms with Crippen LogP contribution in [0.4, 0.5) is 5.69 Å². The first-order valence-corrected chi connectivity index (χ1v) is 6.94. The number of rotatable bonds is 5. The Bertz CT molecular complexity index is 627. The summed E-state index contributed by atoms with van der Waals surface area (Å²) in [5.74, 6) is 0.291. The molecule has 0 fully saturated rings. The Kier molecular flexibility index (Phi) is 5.06.